The van der Waals surface area contributed by atoms with E-state index in [0.717, 1.165) is 14.9 Å². The van der Waals surface area contributed by atoms with Crippen molar-refractivity contribution in [3.05, 3.63) is 104 Å². The molecular weight excluding hydrogens is 516 g/mol. The quantitative estimate of drug-likeness (QED) is 0.197. The average molecular weight is 531 g/mol. The Hall–Kier alpha value is -4.37. The van der Waals surface area contributed by atoms with E-state index in [1.807, 2.05) is 13.0 Å². The molecule has 1 aliphatic rings. The van der Waals surface area contributed by atoms with Gasteiger partial charge in [0.2, 0.25) is 0 Å². The first kappa shape index (κ1) is 22.4. The molecule has 4 aromatic rings. The van der Waals surface area contributed by atoms with Gasteiger partial charge in [0, 0.05) is 21.5 Å². The van der Waals surface area contributed by atoms with Gasteiger partial charge in [-0.1, -0.05) is 40.2 Å². The van der Waals surface area contributed by atoms with E-state index in [2.05, 4.69) is 15.9 Å². The van der Waals surface area contributed by atoms with E-state index in [1.165, 1.54) is 30.3 Å². The standard InChI is InChI=1S/C26H15BrN2O6/c1-13-10-15(27)8-9-17(13)23-18-6-3-7-19-22(18)20(12-21(23)29(34)35)25(31)28(24(19)30)16-5-2-4-14(11-16)26(32)33/h2-12H,1H3,(H,32,33). The predicted octanol–water partition coefficient (Wildman–Crippen LogP) is 5.98. The van der Waals surface area contributed by atoms with Crippen LogP contribution in [0.1, 0.15) is 36.6 Å². The summed E-state index contributed by atoms with van der Waals surface area (Å²) in [7, 11) is 0. The maximum absolute atomic E-state index is 13.6. The highest BCUT2D eigenvalue weighted by Crippen LogP contribution is 2.44. The maximum atomic E-state index is 13.6. The molecule has 0 radical (unpaired) electrons. The van der Waals surface area contributed by atoms with Crippen molar-refractivity contribution in [2.24, 2.45) is 0 Å². The van der Waals surface area contributed by atoms with Crippen LogP contribution in [0.25, 0.3) is 21.9 Å². The monoisotopic (exact) mass is 530 g/mol. The largest absolute Gasteiger partial charge is 0.478 e. The van der Waals surface area contributed by atoms with Crippen LogP contribution in [0.3, 0.4) is 0 Å². The number of aryl methyl sites for hydroxylation is 1. The lowest BCUT2D eigenvalue weighted by Gasteiger charge is -2.28. The SMILES string of the molecule is Cc1cc(Br)ccc1-c1c([N+](=O)[O-])cc2c3c(cccc13)C(=O)N(c1cccc(C(=O)O)c1)C2=O. The lowest BCUT2D eigenvalue weighted by molar-refractivity contribution is -0.384. The van der Waals surface area contributed by atoms with Gasteiger partial charge in [-0.2, -0.15) is 0 Å². The summed E-state index contributed by atoms with van der Waals surface area (Å²) in [5.74, 6) is -2.61. The second kappa shape index (κ2) is 8.14. The number of aromatic carboxylic acids is 1. The number of rotatable bonds is 4. The topological polar surface area (TPSA) is 118 Å². The normalized spacial score (nSPS) is 12.8. The molecule has 0 saturated carbocycles. The third kappa shape index (κ3) is 3.48. The first-order valence-corrected chi connectivity index (χ1v) is 11.2. The van der Waals surface area contributed by atoms with Crippen molar-refractivity contribution in [3.63, 3.8) is 0 Å². The summed E-state index contributed by atoms with van der Waals surface area (Å²) in [5.41, 5.74) is 1.62. The molecule has 0 bridgehead atoms. The van der Waals surface area contributed by atoms with Crippen molar-refractivity contribution in [3.8, 4) is 11.1 Å². The predicted molar refractivity (Wildman–Crippen MR) is 133 cm³/mol. The second-order valence-electron chi connectivity index (χ2n) is 8.06. The second-order valence-corrected chi connectivity index (χ2v) is 8.98. The summed E-state index contributed by atoms with van der Waals surface area (Å²) in [6, 6.07) is 16.8. The van der Waals surface area contributed by atoms with Crippen LogP contribution in [0.2, 0.25) is 0 Å². The highest BCUT2D eigenvalue weighted by molar-refractivity contribution is 9.10. The third-order valence-corrected chi connectivity index (χ3v) is 6.51. The Labute approximate surface area is 206 Å². The molecular formula is C26H15BrN2O6. The van der Waals surface area contributed by atoms with E-state index in [4.69, 9.17) is 0 Å². The molecule has 35 heavy (non-hydrogen) atoms. The van der Waals surface area contributed by atoms with Crippen LogP contribution in [-0.2, 0) is 0 Å². The lowest BCUT2D eigenvalue weighted by atomic mass is 9.86. The third-order valence-electron chi connectivity index (χ3n) is 6.01. The van der Waals surface area contributed by atoms with Crippen LogP contribution in [0.5, 0.6) is 0 Å². The number of hydrogen-bond acceptors (Lipinski definition) is 5. The fraction of sp³-hybridized carbons (Fsp3) is 0.0385. The van der Waals surface area contributed by atoms with E-state index in [1.54, 1.807) is 30.3 Å². The first-order valence-electron chi connectivity index (χ1n) is 10.4. The van der Waals surface area contributed by atoms with Crippen molar-refractivity contribution in [2.45, 2.75) is 6.92 Å². The molecule has 1 N–H and O–H groups in total. The van der Waals surface area contributed by atoms with E-state index in [-0.39, 0.29) is 28.1 Å². The van der Waals surface area contributed by atoms with E-state index in [0.29, 0.717) is 21.9 Å². The number of benzene rings is 4. The fourth-order valence-corrected chi connectivity index (χ4v) is 4.97. The number of nitro benzene ring substituents is 1. The Morgan fingerprint density at radius 3 is 2.34 bits per heavy atom. The minimum absolute atomic E-state index is 0.00106. The molecule has 0 spiro atoms. The molecule has 172 valence electrons. The molecule has 0 saturated heterocycles. The first-order chi connectivity index (χ1) is 16.7. The van der Waals surface area contributed by atoms with Gasteiger partial charge in [0.1, 0.15) is 0 Å². The number of carboxylic acid groups (broad SMARTS) is 1. The van der Waals surface area contributed by atoms with E-state index < -0.39 is 22.7 Å². The van der Waals surface area contributed by atoms with Gasteiger partial charge < -0.3 is 5.11 Å². The zero-order valence-electron chi connectivity index (χ0n) is 18.1. The molecule has 0 unspecified atom stereocenters. The van der Waals surface area contributed by atoms with Gasteiger partial charge >= 0.3 is 5.97 Å². The number of nitrogens with zero attached hydrogens (tertiary/aromatic N) is 2. The number of carbonyl (C=O) groups excluding carboxylic acids is 2. The number of halogens is 1. The molecule has 2 amide bonds. The van der Waals surface area contributed by atoms with Crippen LogP contribution >= 0.6 is 15.9 Å². The van der Waals surface area contributed by atoms with Crippen LogP contribution in [0.4, 0.5) is 11.4 Å². The average Bonchev–Trinajstić information content (AvgIpc) is 2.82. The van der Waals surface area contributed by atoms with Crippen molar-refractivity contribution in [1.29, 1.82) is 0 Å². The molecule has 1 heterocycles. The molecule has 0 aromatic heterocycles. The zero-order chi connectivity index (χ0) is 25.0. The van der Waals surface area contributed by atoms with Crippen molar-refractivity contribution >= 4 is 55.9 Å². The van der Waals surface area contributed by atoms with Crippen molar-refractivity contribution < 1.29 is 24.4 Å². The number of amides is 2. The van der Waals surface area contributed by atoms with Crippen LogP contribution in [0, 0.1) is 17.0 Å². The number of carbonyl (C=O) groups is 3. The summed E-state index contributed by atoms with van der Waals surface area (Å²) in [4.78, 5) is 51.0. The Balaban J connectivity index is 1.82. The zero-order valence-corrected chi connectivity index (χ0v) is 19.7. The van der Waals surface area contributed by atoms with Gasteiger partial charge in [-0.25, -0.2) is 9.69 Å². The van der Waals surface area contributed by atoms with Gasteiger partial charge in [0.15, 0.2) is 0 Å². The molecule has 9 heteroatoms. The summed E-state index contributed by atoms with van der Waals surface area (Å²) in [6.45, 7) is 1.83. The Morgan fingerprint density at radius 2 is 1.66 bits per heavy atom. The van der Waals surface area contributed by atoms with Gasteiger partial charge in [-0.3, -0.25) is 19.7 Å². The van der Waals surface area contributed by atoms with Gasteiger partial charge in [0.05, 0.1) is 27.3 Å². The molecule has 8 nitrogen and oxygen atoms in total. The molecule has 4 aromatic carbocycles. The van der Waals surface area contributed by atoms with E-state index >= 15 is 0 Å². The number of carboxylic acids is 1. The molecule has 0 fully saturated rings. The Bertz CT molecular complexity index is 1630. The fourth-order valence-electron chi connectivity index (χ4n) is 4.50. The van der Waals surface area contributed by atoms with E-state index in [9.17, 15) is 29.6 Å². The van der Waals surface area contributed by atoms with Crippen molar-refractivity contribution in [2.75, 3.05) is 4.90 Å². The van der Waals surface area contributed by atoms with Crippen molar-refractivity contribution in [1.82, 2.24) is 0 Å². The summed E-state index contributed by atoms with van der Waals surface area (Å²) >= 11 is 3.40. The lowest BCUT2D eigenvalue weighted by Crippen LogP contribution is -2.40. The van der Waals surface area contributed by atoms with Gasteiger partial charge in [-0.15, -0.1) is 0 Å². The summed E-state index contributed by atoms with van der Waals surface area (Å²) < 4.78 is 0.814. The van der Waals surface area contributed by atoms with Crippen LogP contribution in [0.15, 0.2) is 71.2 Å². The maximum Gasteiger partial charge on any atom is 0.335 e. The minimum atomic E-state index is -1.21. The summed E-state index contributed by atoms with van der Waals surface area (Å²) in [6.07, 6.45) is 0. The number of imide groups is 1. The van der Waals surface area contributed by atoms with Crippen LogP contribution < -0.4 is 4.90 Å². The van der Waals surface area contributed by atoms with Crippen LogP contribution in [-0.4, -0.2) is 27.8 Å². The Morgan fingerprint density at radius 1 is 0.943 bits per heavy atom. The number of nitro groups is 1. The molecule has 5 rings (SSSR count). The Kier molecular flexibility index (Phi) is 5.21. The molecule has 0 aliphatic carbocycles. The summed E-state index contributed by atoms with van der Waals surface area (Å²) in [5, 5.41) is 22.2. The number of anilines is 1. The minimum Gasteiger partial charge on any atom is -0.478 e. The molecule has 1 aliphatic heterocycles. The highest BCUT2D eigenvalue weighted by atomic mass is 79.9. The molecule has 0 atom stereocenters. The van der Waals surface area contributed by atoms with Gasteiger partial charge in [0.25, 0.3) is 17.5 Å². The smallest absolute Gasteiger partial charge is 0.335 e. The number of hydrogen-bond donors (Lipinski definition) is 1. The van der Waals surface area contributed by atoms with Gasteiger partial charge in [-0.05, 0) is 59.8 Å². The highest BCUT2D eigenvalue weighted by Gasteiger charge is 2.37.